The van der Waals surface area contributed by atoms with Crippen LogP contribution in [0.5, 0.6) is 0 Å². The molecule has 1 heterocycles. The van der Waals surface area contributed by atoms with Gasteiger partial charge in [0.1, 0.15) is 0 Å². The molecule has 0 aliphatic carbocycles. The van der Waals surface area contributed by atoms with Crippen molar-refractivity contribution in [2.24, 2.45) is 11.8 Å². The monoisotopic (exact) mass is 368 g/mol. The Morgan fingerprint density at radius 1 is 1.18 bits per heavy atom. The number of hydrogen-bond acceptors (Lipinski definition) is 2. The normalized spacial score (nSPS) is 24.6. The third kappa shape index (κ3) is 4.81. The molecule has 0 radical (unpaired) electrons. The van der Waals surface area contributed by atoms with Gasteiger partial charge < -0.3 is 4.90 Å². The second-order valence-corrected chi connectivity index (χ2v) is 7.12. The van der Waals surface area contributed by atoms with Gasteiger partial charge in [-0.15, -0.1) is 0 Å². The van der Waals surface area contributed by atoms with Crippen molar-refractivity contribution >= 4 is 27.7 Å². The molecule has 6 heteroatoms. The Bertz CT molecular complexity index is 540. The highest BCUT2D eigenvalue weighted by atomic mass is 79.9. The number of hydrazine groups is 1. The number of halogens is 1. The molecule has 0 saturated carbocycles. The lowest BCUT2D eigenvalue weighted by Gasteiger charge is -2.31. The van der Waals surface area contributed by atoms with Gasteiger partial charge in [-0.05, 0) is 34.5 Å². The van der Waals surface area contributed by atoms with E-state index in [1.807, 2.05) is 6.07 Å². The summed E-state index contributed by atoms with van der Waals surface area (Å²) < 4.78 is 0.700. The number of amides is 2. The van der Waals surface area contributed by atoms with Gasteiger partial charge in [0.15, 0.2) is 6.54 Å². The average Bonchev–Trinajstić information content (AvgIpc) is 2.44. The van der Waals surface area contributed by atoms with E-state index in [0.717, 1.165) is 13.1 Å². The summed E-state index contributed by atoms with van der Waals surface area (Å²) in [6.45, 7) is 6.86. The Balaban J connectivity index is 1.80. The summed E-state index contributed by atoms with van der Waals surface area (Å²) in [7, 11) is 0. The van der Waals surface area contributed by atoms with Gasteiger partial charge in [-0.1, -0.05) is 26.0 Å². The number of carbonyl (C=O) groups excluding carboxylic acids is 2. The van der Waals surface area contributed by atoms with Gasteiger partial charge in [0.2, 0.25) is 0 Å². The van der Waals surface area contributed by atoms with Crippen LogP contribution in [0.3, 0.4) is 0 Å². The quantitative estimate of drug-likeness (QED) is 0.690. The van der Waals surface area contributed by atoms with E-state index in [9.17, 15) is 9.59 Å². The zero-order chi connectivity index (χ0) is 16.1. The largest absolute Gasteiger partial charge is 0.327 e. The predicted octanol–water partition coefficient (Wildman–Crippen LogP) is 0.771. The van der Waals surface area contributed by atoms with Crippen molar-refractivity contribution < 1.29 is 14.5 Å². The van der Waals surface area contributed by atoms with Crippen molar-refractivity contribution in [2.75, 3.05) is 19.6 Å². The molecule has 2 amide bonds. The molecular formula is C16H23BrN3O2+. The molecule has 5 nitrogen and oxygen atoms in total. The first-order valence-corrected chi connectivity index (χ1v) is 8.42. The summed E-state index contributed by atoms with van der Waals surface area (Å²) in [6.07, 6.45) is 1.23. The minimum atomic E-state index is -0.323. The van der Waals surface area contributed by atoms with Gasteiger partial charge in [0.25, 0.3) is 11.8 Å². The lowest BCUT2D eigenvalue weighted by atomic mass is 9.92. The third-order valence-electron chi connectivity index (χ3n) is 3.92. The number of quaternary nitrogens is 1. The highest BCUT2D eigenvalue weighted by molar-refractivity contribution is 9.10. The zero-order valence-corrected chi connectivity index (χ0v) is 14.6. The van der Waals surface area contributed by atoms with Crippen LogP contribution in [-0.2, 0) is 4.79 Å². The Morgan fingerprint density at radius 2 is 1.82 bits per heavy atom. The molecule has 0 aromatic heterocycles. The van der Waals surface area contributed by atoms with Crippen LogP contribution in [0.2, 0.25) is 0 Å². The maximum Gasteiger partial charge on any atom is 0.293 e. The molecule has 1 aliphatic rings. The Labute approximate surface area is 139 Å². The lowest BCUT2D eigenvalue weighted by molar-refractivity contribution is -0.904. The van der Waals surface area contributed by atoms with Crippen LogP contribution in [0, 0.1) is 11.8 Å². The minimum absolute atomic E-state index is 0.156. The van der Waals surface area contributed by atoms with Gasteiger partial charge in [-0.3, -0.25) is 20.4 Å². The molecule has 1 aliphatic heterocycles. The minimum Gasteiger partial charge on any atom is -0.327 e. The molecule has 120 valence electrons. The standard InChI is InChI=1S/C16H22BrN3O2/c1-11-7-12(2)9-20(8-11)10-15(21)18-19-16(22)13-5-3-4-6-14(13)17/h3-6,11-12H,7-10H2,1-2H3,(H,18,21)(H,19,22)/p+1/t11-,12-/m1/s1. The van der Waals surface area contributed by atoms with Crippen molar-refractivity contribution in [1.82, 2.24) is 10.9 Å². The Hall–Kier alpha value is -1.40. The van der Waals surface area contributed by atoms with Gasteiger partial charge >= 0.3 is 0 Å². The predicted molar refractivity (Wildman–Crippen MR) is 88.3 cm³/mol. The molecule has 0 unspecified atom stereocenters. The molecule has 1 aromatic rings. The van der Waals surface area contributed by atoms with Crippen molar-refractivity contribution in [3.63, 3.8) is 0 Å². The molecule has 2 atom stereocenters. The number of likely N-dealkylation sites (tertiary alicyclic amines) is 1. The number of nitrogens with one attached hydrogen (secondary N) is 3. The summed E-state index contributed by atoms with van der Waals surface area (Å²) in [4.78, 5) is 25.3. The van der Waals surface area contributed by atoms with Crippen molar-refractivity contribution in [3.8, 4) is 0 Å². The fourth-order valence-corrected chi connectivity index (χ4v) is 3.64. The van der Waals surface area contributed by atoms with E-state index in [1.54, 1.807) is 18.2 Å². The van der Waals surface area contributed by atoms with Gasteiger partial charge in [0, 0.05) is 16.3 Å². The van der Waals surface area contributed by atoms with Crippen LogP contribution >= 0.6 is 15.9 Å². The van der Waals surface area contributed by atoms with E-state index < -0.39 is 0 Å². The third-order valence-corrected chi connectivity index (χ3v) is 4.62. The fraction of sp³-hybridized carbons (Fsp3) is 0.500. The molecule has 22 heavy (non-hydrogen) atoms. The molecular weight excluding hydrogens is 346 g/mol. The van der Waals surface area contributed by atoms with E-state index >= 15 is 0 Å². The Morgan fingerprint density at radius 3 is 2.45 bits per heavy atom. The van der Waals surface area contributed by atoms with Crippen molar-refractivity contribution in [2.45, 2.75) is 20.3 Å². The summed E-state index contributed by atoms with van der Waals surface area (Å²) in [5.74, 6) is 0.802. The van der Waals surface area contributed by atoms with Gasteiger partial charge in [-0.2, -0.15) is 0 Å². The first kappa shape index (κ1) is 17.0. The van der Waals surface area contributed by atoms with Crippen LogP contribution in [0.1, 0.15) is 30.6 Å². The highest BCUT2D eigenvalue weighted by Gasteiger charge is 2.26. The second-order valence-electron chi connectivity index (χ2n) is 6.26. The highest BCUT2D eigenvalue weighted by Crippen LogP contribution is 2.15. The van der Waals surface area contributed by atoms with E-state index in [1.165, 1.54) is 11.3 Å². The van der Waals surface area contributed by atoms with Crippen LogP contribution in [0.4, 0.5) is 0 Å². The summed E-state index contributed by atoms with van der Waals surface area (Å²) >= 11 is 3.32. The van der Waals surface area contributed by atoms with E-state index in [2.05, 4.69) is 40.6 Å². The van der Waals surface area contributed by atoms with E-state index in [4.69, 9.17) is 0 Å². The van der Waals surface area contributed by atoms with E-state index in [0.29, 0.717) is 28.4 Å². The fourth-order valence-electron chi connectivity index (χ4n) is 3.18. The lowest BCUT2D eigenvalue weighted by Crippen LogP contribution is -3.15. The maximum absolute atomic E-state index is 12.0. The van der Waals surface area contributed by atoms with Gasteiger partial charge in [-0.25, -0.2) is 0 Å². The SMILES string of the molecule is C[C@@H]1C[C@@H](C)C[NH+](CC(=O)NNC(=O)c2ccccc2Br)C1. The number of rotatable bonds is 3. The molecule has 0 spiro atoms. The number of hydrogen-bond donors (Lipinski definition) is 3. The van der Waals surface area contributed by atoms with Crippen LogP contribution in [-0.4, -0.2) is 31.4 Å². The topological polar surface area (TPSA) is 62.6 Å². The van der Waals surface area contributed by atoms with Gasteiger partial charge in [0.05, 0.1) is 18.7 Å². The first-order valence-electron chi connectivity index (χ1n) is 7.63. The number of carbonyl (C=O) groups is 2. The van der Waals surface area contributed by atoms with Crippen molar-refractivity contribution in [1.29, 1.82) is 0 Å². The molecule has 3 N–H and O–H groups in total. The summed E-state index contributed by atoms with van der Waals surface area (Å²) in [5.41, 5.74) is 5.47. The van der Waals surface area contributed by atoms with E-state index in [-0.39, 0.29) is 11.8 Å². The Kier molecular flexibility index (Phi) is 5.97. The van der Waals surface area contributed by atoms with Crippen LogP contribution < -0.4 is 15.8 Å². The molecule has 1 aromatic carbocycles. The zero-order valence-electron chi connectivity index (χ0n) is 13.0. The smallest absolute Gasteiger partial charge is 0.293 e. The molecule has 1 saturated heterocycles. The maximum atomic E-state index is 12.0. The van der Waals surface area contributed by atoms with Crippen LogP contribution in [0.25, 0.3) is 0 Å². The number of piperidine rings is 1. The molecule has 1 fully saturated rings. The first-order chi connectivity index (χ1) is 10.5. The molecule has 2 rings (SSSR count). The second kappa shape index (κ2) is 7.74. The van der Waals surface area contributed by atoms with Crippen LogP contribution in [0.15, 0.2) is 28.7 Å². The summed E-state index contributed by atoms with van der Waals surface area (Å²) in [6, 6.07) is 7.10. The molecule has 0 bridgehead atoms. The number of benzene rings is 1. The van der Waals surface area contributed by atoms with Crippen molar-refractivity contribution in [3.05, 3.63) is 34.3 Å². The summed E-state index contributed by atoms with van der Waals surface area (Å²) in [5, 5.41) is 0. The average molecular weight is 369 g/mol.